The van der Waals surface area contributed by atoms with E-state index in [0.717, 1.165) is 0 Å². The smallest absolute Gasteiger partial charge is 0.254 e. The van der Waals surface area contributed by atoms with Gasteiger partial charge in [-0.25, -0.2) is 0 Å². The van der Waals surface area contributed by atoms with E-state index in [1.165, 1.54) is 6.26 Å². The van der Waals surface area contributed by atoms with Gasteiger partial charge in [-0.05, 0) is 12.1 Å². The van der Waals surface area contributed by atoms with Crippen LogP contribution in [0.15, 0.2) is 22.8 Å². The SMILES string of the molecule is CC(C)C1O[C@H]2[C@H]([N+](=O)[O-])[C@@H](c3ccco3)[C@H]3OC(C(C)C)O[C@@]3(O)[C@H]2O1. The molecule has 9 heteroatoms. The molecule has 1 aromatic heterocycles. The van der Waals surface area contributed by atoms with Crippen molar-refractivity contribution in [2.75, 3.05) is 0 Å². The zero-order chi connectivity index (χ0) is 19.5. The minimum atomic E-state index is -1.87. The van der Waals surface area contributed by atoms with Crippen molar-refractivity contribution in [2.24, 2.45) is 11.8 Å². The number of nitro groups is 1. The van der Waals surface area contributed by atoms with E-state index < -0.39 is 53.6 Å². The van der Waals surface area contributed by atoms with Crippen molar-refractivity contribution < 1.29 is 33.4 Å². The summed E-state index contributed by atoms with van der Waals surface area (Å²) in [6, 6.07) is 2.09. The Morgan fingerprint density at radius 2 is 1.78 bits per heavy atom. The average molecular weight is 383 g/mol. The lowest BCUT2D eigenvalue weighted by Gasteiger charge is -2.42. The molecule has 1 saturated carbocycles. The highest BCUT2D eigenvalue weighted by Gasteiger charge is 2.73. The van der Waals surface area contributed by atoms with E-state index in [0.29, 0.717) is 5.76 Å². The van der Waals surface area contributed by atoms with Gasteiger partial charge in [0.05, 0.1) is 6.26 Å². The molecule has 1 N–H and O–H groups in total. The molecule has 0 radical (unpaired) electrons. The maximum absolute atomic E-state index is 12.0. The van der Waals surface area contributed by atoms with Crippen LogP contribution >= 0.6 is 0 Å². The van der Waals surface area contributed by atoms with Gasteiger partial charge in [0, 0.05) is 16.8 Å². The second-order valence-corrected chi connectivity index (χ2v) is 8.13. The van der Waals surface area contributed by atoms with Crippen LogP contribution in [0.3, 0.4) is 0 Å². The van der Waals surface area contributed by atoms with Crippen LogP contribution in [0.2, 0.25) is 0 Å². The van der Waals surface area contributed by atoms with Crippen LogP contribution < -0.4 is 0 Å². The summed E-state index contributed by atoms with van der Waals surface area (Å²) >= 11 is 0. The van der Waals surface area contributed by atoms with E-state index >= 15 is 0 Å². The lowest BCUT2D eigenvalue weighted by molar-refractivity contribution is -0.550. The predicted octanol–water partition coefficient (Wildman–Crippen LogP) is 1.87. The van der Waals surface area contributed by atoms with Gasteiger partial charge in [0.1, 0.15) is 17.8 Å². The second-order valence-electron chi connectivity index (χ2n) is 8.13. The quantitative estimate of drug-likeness (QED) is 0.619. The zero-order valence-electron chi connectivity index (χ0n) is 15.7. The summed E-state index contributed by atoms with van der Waals surface area (Å²) in [7, 11) is 0. The van der Waals surface area contributed by atoms with Crippen molar-refractivity contribution in [1.29, 1.82) is 0 Å². The fourth-order valence-electron chi connectivity index (χ4n) is 4.21. The molecule has 2 saturated heterocycles. The zero-order valence-corrected chi connectivity index (χ0v) is 15.7. The van der Waals surface area contributed by atoms with Crippen molar-refractivity contribution in [3.63, 3.8) is 0 Å². The monoisotopic (exact) mass is 383 g/mol. The first-order valence-electron chi connectivity index (χ1n) is 9.27. The summed E-state index contributed by atoms with van der Waals surface area (Å²) < 4.78 is 29.1. The van der Waals surface area contributed by atoms with Gasteiger partial charge in [0.15, 0.2) is 24.8 Å². The Balaban J connectivity index is 1.81. The molecule has 9 nitrogen and oxygen atoms in total. The Labute approximate surface area is 156 Å². The maximum atomic E-state index is 12.0. The Hall–Kier alpha value is -1.52. The van der Waals surface area contributed by atoms with Crippen molar-refractivity contribution in [3.8, 4) is 0 Å². The van der Waals surface area contributed by atoms with Gasteiger partial charge in [-0.15, -0.1) is 0 Å². The molecular weight excluding hydrogens is 358 g/mol. The minimum Gasteiger partial charge on any atom is -0.469 e. The van der Waals surface area contributed by atoms with Crippen molar-refractivity contribution in [1.82, 2.24) is 0 Å². The molecule has 1 aromatic rings. The summed E-state index contributed by atoms with van der Waals surface area (Å²) in [4.78, 5) is 11.6. The predicted molar refractivity (Wildman–Crippen MR) is 90.1 cm³/mol. The standard InChI is InChI=1S/C18H25NO8/c1-8(2)16-24-13-12(19(21)22)11(10-6-5-7-23-10)14-18(20,15(13)26-16)27-17(25-14)9(3)4/h5-9,11-17,20H,1-4H3/t11-,12-,13+,14-,15+,16?,17?,18-/m1/s1. The molecule has 3 fully saturated rings. The third-order valence-corrected chi connectivity index (χ3v) is 5.51. The van der Waals surface area contributed by atoms with E-state index in [-0.39, 0.29) is 11.8 Å². The highest BCUT2D eigenvalue weighted by atomic mass is 16.8. The normalized spacial score (nSPS) is 43.9. The van der Waals surface area contributed by atoms with E-state index in [1.807, 2.05) is 27.7 Å². The third-order valence-electron chi connectivity index (χ3n) is 5.51. The lowest BCUT2D eigenvalue weighted by Crippen LogP contribution is -2.67. The maximum Gasteiger partial charge on any atom is 0.254 e. The first kappa shape index (κ1) is 18.8. The molecule has 3 heterocycles. The first-order valence-corrected chi connectivity index (χ1v) is 9.27. The van der Waals surface area contributed by atoms with Crippen LogP contribution in [-0.4, -0.2) is 52.8 Å². The number of aliphatic hydroxyl groups is 1. The molecule has 8 atom stereocenters. The number of rotatable bonds is 4. The number of furan rings is 1. The second kappa shape index (κ2) is 6.52. The molecule has 27 heavy (non-hydrogen) atoms. The highest BCUT2D eigenvalue weighted by Crippen LogP contribution is 2.52. The molecule has 2 aliphatic heterocycles. The number of ether oxygens (including phenoxy) is 4. The fraction of sp³-hybridized carbons (Fsp3) is 0.778. The summed E-state index contributed by atoms with van der Waals surface area (Å²) in [6.07, 6.45) is -2.98. The minimum absolute atomic E-state index is 0.0460. The molecule has 3 aliphatic rings. The van der Waals surface area contributed by atoms with Crippen LogP contribution in [0, 0.1) is 22.0 Å². The molecular formula is C18H25NO8. The van der Waals surface area contributed by atoms with Gasteiger partial charge in [0.2, 0.25) is 5.79 Å². The molecule has 0 aromatic carbocycles. The highest BCUT2D eigenvalue weighted by molar-refractivity contribution is 5.21. The molecule has 0 spiro atoms. The molecule has 150 valence electrons. The third kappa shape index (κ3) is 2.80. The van der Waals surface area contributed by atoms with Gasteiger partial charge in [0.25, 0.3) is 6.04 Å². The van der Waals surface area contributed by atoms with Crippen LogP contribution in [0.4, 0.5) is 0 Å². The van der Waals surface area contributed by atoms with E-state index in [2.05, 4.69) is 0 Å². The topological polar surface area (TPSA) is 113 Å². The summed E-state index contributed by atoms with van der Waals surface area (Å²) in [6.45, 7) is 7.55. The van der Waals surface area contributed by atoms with Gasteiger partial charge in [-0.1, -0.05) is 27.7 Å². The summed E-state index contributed by atoms with van der Waals surface area (Å²) in [5.74, 6) is -2.50. The molecule has 1 aliphatic carbocycles. The van der Waals surface area contributed by atoms with Crippen LogP contribution in [0.1, 0.15) is 39.4 Å². The molecule has 4 rings (SSSR count). The largest absolute Gasteiger partial charge is 0.469 e. The van der Waals surface area contributed by atoms with Crippen molar-refractivity contribution >= 4 is 0 Å². The van der Waals surface area contributed by atoms with Crippen molar-refractivity contribution in [2.45, 2.75) is 76.3 Å². The average Bonchev–Trinajstić information content (AvgIpc) is 3.30. The Morgan fingerprint density at radius 3 is 2.33 bits per heavy atom. The van der Waals surface area contributed by atoms with Crippen molar-refractivity contribution in [3.05, 3.63) is 34.3 Å². The van der Waals surface area contributed by atoms with Gasteiger partial charge < -0.3 is 28.5 Å². The molecule has 0 amide bonds. The summed E-state index contributed by atoms with van der Waals surface area (Å²) in [5, 5.41) is 23.5. The van der Waals surface area contributed by atoms with E-state index in [1.54, 1.807) is 12.1 Å². The number of fused-ring (bicyclic) bond motifs is 3. The Bertz CT molecular complexity index is 692. The Kier molecular flexibility index (Phi) is 4.55. The molecule has 2 unspecified atom stereocenters. The van der Waals surface area contributed by atoms with E-state index in [9.17, 15) is 15.2 Å². The molecule has 0 bridgehead atoms. The number of hydrogen-bond donors (Lipinski definition) is 1. The number of hydrogen-bond acceptors (Lipinski definition) is 8. The van der Waals surface area contributed by atoms with Crippen LogP contribution in [0.5, 0.6) is 0 Å². The van der Waals surface area contributed by atoms with Gasteiger partial charge in [-0.3, -0.25) is 10.1 Å². The van der Waals surface area contributed by atoms with E-state index in [4.69, 9.17) is 23.4 Å². The first-order chi connectivity index (χ1) is 12.7. The van der Waals surface area contributed by atoms with Crippen LogP contribution in [-0.2, 0) is 18.9 Å². The van der Waals surface area contributed by atoms with Crippen LogP contribution in [0.25, 0.3) is 0 Å². The Morgan fingerprint density at radius 1 is 1.11 bits per heavy atom. The van der Waals surface area contributed by atoms with Gasteiger partial charge in [-0.2, -0.15) is 0 Å². The summed E-state index contributed by atoms with van der Waals surface area (Å²) in [5.41, 5.74) is 0. The van der Waals surface area contributed by atoms with Gasteiger partial charge >= 0.3 is 0 Å². The fourth-order valence-corrected chi connectivity index (χ4v) is 4.21. The lowest BCUT2D eigenvalue weighted by atomic mass is 9.74. The number of nitrogens with zero attached hydrogens (tertiary/aromatic N) is 1.